The quantitative estimate of drug-likeness (QED) is 0.573. The fraction of sp³-hybridized carbons (Fsp3) is 0.263. The van der Waals surface area contributed by atoms with Crippen molar-refractivity contribution >= 4 is 22.8 Å². The SMILES string of the molecule is Cc1cc(C(=O)NCCNC(=O)c2ccc(C)c(F)c2)c2c(=O)[nH]n(C)c2n1. The number of hydrogen-bond acceptors (Lipinski definition) is 4. The highest BCUT2D eigenvalue weighted by molar-refractivity contribution is 6.05. The molecule has 2 amide bonds. The first-order valence-electron chi connectivity index (χ1n) is 8.67. The van der Waals surface area contributed by atoms with Crippen molar-refractivity contribution in [2.45, 2.75) is 13.8 Å². The average Bonchev–Trinajstić information content (AvgIpc) is 2.93. The molecule has 9 heteroatoms. The average molecular weight is 385 g/mol. The zero-order valence-corrected chi connectivity index (χ0v) is 15.7. The number of halogens is 1. The number of aryl methyl sites for hydroxylation is 3. The molecule has 0 radical (unpaired) electrons. The third-order valence-corrected chi connectivity index (χ3v) is 4.32. The van der Waals surface area contributed by atoms with Gasteiger partial charge in [-0.2, -0.15) is 0 Å². The lowest BCUT2D eigenvalue weighted by Crippen LogP contribution is -2.35. The number of hydrogen-bond donors (Lipinski definition) is 3. The highest BCUT2D eigenvalue weighted by Gasteiger charge is 2.17. The maximum atomic E-state index is 13.5. The molecule has 0 bridgehead atoms. The zero-order chi connectivity index (χ0) is 20.4. The van der Waals surface area contributed by atoms with Gasteiger partial charge >= 0.3 is 0 Å². The van der Waals surface area contributed by atoms with Gasteiger partial charge in [-0.3, -0.25) is 24.2 Å². The molecule has 8 nitrogen and oxygen atoms in total. The van der Waals surface area contributed by atoms with Crippen LogP contribution in [0.4, 0.5) is 4.39 Å². The number of carbonyl (C=O) groups excluding carboxylic acids is 2. The van der Waals surface area contributed by atoms with Gasteiger partial charge in [0.15, 0.2) is 5.65 Å². The lowest BCUT2D eigenvalue weighted by atomic mass is 10.1. The summed E-state index contributed by atoms with van der Waals surface area (Å²) >= 11 is 0. The smallest absolute Gasteiger partial charge is 0.274 e. The van der Waals surface area contributed by atoms with Crippen LogP contribution >= 0.6 is 0 Å². The number of fused-ring (bicyclic) bond motifs is 1. The molecule has 0 fully saturated rings. The van der Waals surface area contributed by atoms with Gasteiger partial charge in [0.05, 0.1) is 10.9 Å². The molecule has 1 aromatic carbocycles. The molecule has 0 saturated carbocycles. The molecule has 0 unspecified atom stereocenters. The van der Waals surface area contributed by atoms with E-state index in [1.54, 1.807) is 27.0 Å². The van der Waals surface area contributed by atoms with Crippen LogP contribution in [0.3, 0.4) is 0 Å². The topological polar surface area (TPSA) is 109 Å². The number of carbonyl (C=O) groups is 2. The van der Waals surface area contributed by atoms with Gasteiger partial charge in [-0.1, -0.05) is 6.07 Å². The van der Waals surface area contributed by atoms with Gasteiger partial charge in [0.1, 0.15) is 5.82 Å². The summed E-state index contributed by atoms with van der Waals surface area (Å²) in [7, 11) is 1.64. The van der Waals surface area contributed by atoms with Gasteiger partial charge in [0, 0.05) is 31.4 Å². The van der Waals surface area contributed by atoms with Crippen molar-refractivity contribution in [1.82, 2.24) is 25.4 Å². The standard InChI is InChI=1S/C19H20FN5O3/c1-10-4-5-12(9-14(10)20)17(26)21-6-7-22-18(27)13-8-11(2)23-16-15(13)19(28)24-25(16)3/h4-5,8-9H,6-7H2,1-3H3,(H,21,26)(H,22,27)(H,24,28). The van der Waals surface area contributed by atoms with Crippen molar-refractivity contribution in [3.05, 3.63) is 62.8 Å². The second kappa shape index (κ2) is 7.63. The predicted molar refractivity (Wildman–Crippen MR) is 102 cm³/mol. The molecule has 3 aromatic rings. The molecule has 2 heterocycles. The maximum absolute atomic E-state index is 13.5. The van der Waals surface area contributed by atoms with Crippen LogP contribution in [0.5, 0.6) is 0 Å². The molecular formula is C19H20FN5O3. The highest BCUT2D eigenvalue weighted by Crippen LogP contribution is 2.14. The summed E-state index contributed by atoms with van der Waals surface area (Å²) in [6, 6.07) is 5.77. The van der Waals surface area contributed by atoms with E-state index in [0.29, 0.717) is 16.9 Å². The summed E-state index contributed by atoms with van der Waals surface area (Å²) in [5, 5.41) is 8.07. The Morgan fingerprint density at radius 1 is 1.14 bits per heavy atom. The fourth-order valence-electron chi connectivity index (χ4n) is 2.85. The second-order valence-electron chi connectivity index (χ2n) is 6.49. The largest absolute Gasteiger partial charge is 0.350 e. The Morgan fingerprint density at radius 2 is 1.82 bits per heavy atom. The molecule has 146 valence electrons. The molecule has 0 aliphatic heterocycles. The van der Waals surface area contributed by atoms with E-state index in [0.717, 1.165) is 0 Å². The molecule has 0 saturated heterocycles. The first-order chi connectivity index (χ1) is 13.3. The minimum absolute atomic E-state index is 0.145. The molecular weight excluding hydrogens is 365 g/mol. The Hall–Kier alpha value is -3.49. The first kappa shape index (κ1) is 19.3. The molecule has 0 aliphatic carbocycles. The fourth-order valence-corrected chi connectivity index (χ4v) is 2.85. The van der Waals surface area contributed by atoms with Crippen LogP contribution in [-0.4, -0.2) is 39.7 Å². The van der Waals surface area contributed by atoms with E-state index in [1.807, 2.05) is 0 Å². The van der Waals surface area contributed by atoms with Gasteiger partial charge in [-0.25, -0.2) is 9.37 Å². The van der Waals surface area contributed by atoms with E-state index in [1.165, 1.54) is 22.9 Å². The van der Waals surface area contributed by atoms with Crippen LogP contribution in [0.1, 0.15) is 32.0 Å². The zero-order valence-electron chi connectivity index (χ0n) is 15.7. The molecule has 2 aromatic heterocycles. The summed E-state index contributed by atoms with van der Waals surface area (Å²) in [6.45, 7) is 3.64. The van der Waals surface area contributed by atoms with E-state index in [9.17, 15) is 18.8 Å². The molecule has 3 rings (SSSR count). The molecule has 3 N–H and O–H groups in total. The summed E-state index contributed by atoms with van der Waals surface area (Å²) in [5.74, 6) is -1.33. The van der Waals surface area contributed by atoms with Crippen molar-refractivity contribution < 1.29 is 14.0 Å². The normalized spacial score (nSPS) is 10.9. The molecule has 28 heavy (non-hydrogen) atoms. The van der Waals surface area contributed by atoms with Crippen molar-refractivity contribution in [1.29, 1.82) is 0 Å². The van der Waals surface area contributed by atoms with Gasteiger partial charge < -0.3 is 10.6 Å². The van der Waals surface area contributed by atoms with E-state index in [-0.39, 0.29) is 29.6 Å². The number of benzene rings is 1. The minimum Gasteiger partial charge on any atom is -0.350 e. The Morgan fingerprint density at radius 3 is 2.50 bits per heavy atom. The van der Waals surface area contributed by atoms with E-state index >= 15 is 0 Å². The van der Waals surface area contributed by atoms with Crippen LogP contribution in [0.15, 0.2) is 29.1 Å². The van der Waals surface area contributed by atoms with Crippen LogP contribution in [0.2, 0.25) is 0 Å². The maximum Gasteiger partial charge on any atom is 0.274 e. The number of nitrogens with one attached hydrogen (secondary N) is 3. The second-order valence-corrected chi connectivity index (χ2v) is 6.49. The summed E-state index contributed by atoms with van der Waals surface area (Å²) in [5.41, 5.74) is 1.48. The lowest BCUT2D eigenvalue weighted by Gasteiger charge is -2.09. The van der Waals surface area contributed by atoms with Crippen LogP contribution < -0.4 is 16.2 Å². The predicted octanol–water partition coefficient (Wildman–Crippen LogP) is 1.18. The van der Waals surface area contributed by atoms with Crippen molar-refractivity contribution in [3.8, 4) is 0 Å². The Bertz CT molecular complexity index is 1130. The minimum atomic E-state index is -0.453. The number of amides is 2. The summed E-state index contributed by atoms with van der Waals surface area (Å²) < 4.78 is 15.0. The molecule has 0 spiro atoms. The van der Waals surface area contributed by atoms with Crippen LogP contribution in [0, 0.1) is 19.7 Å². The van der Waals surface area contributed by atoms with Crippen molar-refractivity contribution in [3.63, 3.8) is 0 Å². The van der Waals surface area contributed by atoms with Crippen LogP contribution in [-0.2, 0) is 7.05 Å². The Balaban J connectivity index is 1.63. The van der Waals surface area contributed by atoms with Crippen molar-refractivity contribution in [2.24, 2.45) is 7.05 Å². The Labute approximate surface area is 159 Å². The lowest BCUT2D eigenvalue weighted by molar-refractivity contribution is 0.0928. The van der Waals surface area contributed by atoms with Gasteiger partial charge in [0.2, 0.25) is 0 Å². The van der Waals surface area contributed by atoms with Gasteiger partial charge in [-0.05, 0) is 37.6 Å². The van der Waals surface area contributed by atoms with Gasteiger partial charge in [-0.15, -0.1) is 0 Å². The van der Waals surface area contributed by atoms with E-state index in [2.05, 4.69) is 20.7 Å². The highest BCUT2D eigenvalue weighted by atomic mass is 19.1. The third-order valence-electron chi connectivity index (χ3n) is 4.32. The molecule has 0 aliphatic rings. The summed E-state index contributed by atoms with van der Waals surface area (Å²) in [6.07, 6.45) is 0. The summed E-state index contributed by atoms with van der Waals surface area (Å²) in [4.78, 5) is 40.9. The molecule has 0 atom stereocenters. The number of nitrogens with zero attached hydrogens (tertiary/aromatic N) is 2. The first-order valence-corrected chi connectivity index (χ1v) is 8.67. The Kier molecular flexibility index (Phi) is 5.25. The van der Waals surface area contributed by atoms with E-state index < -0.39 is 23.2 Å². The van der Waals surface area contributed by atoms with Gasteiger partial charge in [0.25, 0.3) is 17.4 Å². The number of aromatic nitrogens is 3. The number of pyridine rings is 1. The third kappa shape index (κ3) is 3.78. The van der Waals surface area contributed by atoms with E-state index in [4.69, 9.17) is 0 Å². The number of aromatic amines is 1. The van der Waals surface area contributed by atoms with Crippen molar-refractivity contribution in [2.75, 3.05) is 13.1 Å². The number of H-pyrrole nitrogens is 1. The monoisotopic (exact) mass is 385 g/mol. The van der Waals surface area contributed by atoms with Crippen LogP contribution in [0.25, 0.3) is 11.0 Å². The number of rotatable bonds is 5.